The average Bonchev–Trinajstić information content (AvgIpc) is 2.86. The molecular formula is C26H26FN3O5. The van der Waals surface area contributed by atoms with Crippen LogP contribution in [0.4, 0.5) is 10.1 Å². The van der Waals surface area contributed by atoms with Gasteiger partial charge in [0.1, 0.15) is 11.5 Å². The molecule has 1 aliphatic rings. The topological polar surface area (TPSA) is 115 Å². The van der Waals surface area contributed by atoms with Crippen molar-refractivity contribution in [3.63, 3.8) is 0 Å². The number of rotatable bonds is 7. The standard InChI is InChI=1S/C26H26FN3O5/c1-15(2)14-35-23-18(27)11-8-12-19(23)30-22(26(32)34-4)21(25(31)33-3)20(17(13-28)24(30)29)16-9-6-5-7-10-16/h5-12,15,20H,14,29H2,1-4H3. The van der Waals surface area contributed by atoms with Crippen LogP contribution >= 0.6 is 0 Å². The van der Waals surface area contributed by atoms with Crippen molar-refractivity contribution in [2.24, 2.45) is 11.7 Å². The van der Waals surface area contributed by atoms with Crippen molar-refractivity contribution in [3.05, 3.63) is 82.6 Å². The summed E-state index contributed by atoms with van der Waals surface area (Å²) >= 11 is 0. The zero-order valence-corrected chi connectivity index (χ0v) is 19.9. The first-order valence-electron chi connectivity index (χ1n) is 10.8. The summed E-state index contributed by atoms with van der Waals surface area (Å²) in [5.41, 5.74) is 6.53. The lowest BCUT2D eigenvalue weighted by molar-refractivity contribution is -0.139. The van der Waals surface area contributed by atoms with E-state index >= 15 is 0 Å². The number of anilines is 1. The van der Waals surface area contributed by atoms with E-state index in [9.17, 15) is 19.2 Å². The second-order valence-electron chi connectivity index (χ2n) is 8.13. The van der Waals surface area contributed by atoms with E-state index in [1.807, 2.05) is 13.8 Å². The number of para-hydroxylation sites is 1. The van der Waals surface area contributed by atoms with Crippen LogP contribution in [0.3, 0.4) is 0 Å². The minimum Gasteiger partial charge on any atom is -0.488 e. The third kappa shape index (κ3) is 4.82. The second kappa shape index (κ2) is 10.7. The quantitative estimate of drug-likeness (QED) is 0.597. The van der Waals surface area contributed by atoms with Gasteiger partial charge in [-0.3, -0.25) is 4.90 Å². The fourth-order valence-electron chi connectivity index (χ4n) is 3.83. The van der Waals surface area contributed by atoms with Crippen molar-refractivity contribution in [1.82, 2.24) is 0 Å². The van der Waals surface area contributed by atoms with Crippen LogP contribution in [0.15, 0.2) is 71.2 Å². The van der Waals surface area contributed by atoms with Gasteiger partial charge >= 0.3 is 11.9 Å². The van der Waals surface area contributed by atoms with Crippen molar-refractivity contribution in [1.29, 1.82) is 5.26 Å². The molecule has 182 valence electrons. The lowest BCUT2D eigenvalue weighted by Crippen LogP contribution is -2.41. The Bertz CT molecular complexity index is 1230. The Morgan fingerprint density at radius 3 is 2.31 bits per heavy atom. The highest BCUT2D eigenvalue weighted by Gasteiger charge is 2.43. The van der Waals surface area contributed by atoms with Crippen molar-refractivity contribution >= 4 is 17.6 Å². The summed E-state index contributed by atoms with van der Waals surface area (Å²) in [6, 6.07) is 14.7. The lowest BCUT2D eigenvalue weighted by atomic mass is 9.81. The van der Waals surface area contributed by atoms with Crippen molar-refractivity contribution in [2.75, 3.05) is 25.7 Å². The first-order valence-corrected chi connectivity index (χ1v) is 10.8. The number of benzene rings is 2. The molecule has 35 heavy (non-hydrogen) atoms. The van der Waals surface area contributed by atoms with Crippen LogP contribution in [0, 0.1) is 23.1 Å². The SMILES string of the molecule is COC(=O)C1=C(C(=O)OC)N(c2cccc(F)c2OCC(C)C)C(N)=C(C#N)C1c1ccccc1. The van der Waals surface area contributed by atoms with Crippen LogP contribution in [0.5, 0.6) is 5.75 Å². The molecular weight excluding hydrogens is 453 g/mol. The van der Waals surface area contributed by atoms with E-state index in [-0.39, 0.29) is 46.6 Å². The van der Waals surface area contributed by atoms with Crippen LogP contribution < -0.4 is 15.4 Å². The molecule has 8 nitrogen and oxygen atoms in total. The molecule has 1 heterocycles. The molecule has 0 aliphatic carbocycles. The van der Waals surface area contributed by atoms with E-state index < -0.39 is 23.7 Å². The summed E-state index contributed by atoms with van der Waals surface area (Å²) in [4.78, 5) is 27.4. The van der Waals surface area contributed by atoms with E-state index in [4.69, 9.17) is 19.9 Å². The molecule has 0 radical (unpaired) electrons. The number of nitrogens with zero attached hydrogens (tertiary/aromatic N) is 2. The van der Waals surface area contributed by atoms with Gasteiger partial charge in [0.25, 0.3) is 0 Å². The van der Waals surface area contributed by atoms with E-state index in [1.165, 1.54) is 18.2 Å². The number of hydrogen-bond donors (Lipinski definition) is 1. The molecule has 3 rings (SSSR count). The van der Waals surface area contributed by atoms with Crippen LogP contribution in [0.2, 0.25) is 0 Å². The molecule has 1 unspecified atom stereocenters. The Hall–Kier alpha value is -4.32. The summed E-state index contributed by atoms with van der Waals surface area (Å²) in [6.07, 6.45) is 0. The number of hydrogen-bond acceptors (Lipinski definition) is 8. The number of nitriles is 1. The number of ether oxygens (including phenoxy) is 3. The highest BCUT2D eigenvalue weighted by Crippen LogP contribution is 2.45. The fraction of sp³-hybridized carbons (Fsp3) is 0.269. The van der Waals surface area contributed by atoms with Gasteiger partial charge in [-0.25, -0.2) is 14.0 Å². The molecule has 1 atom stereocenters. The summed E-state index contributed by atoms with van der Waals surface area (Å²) in [7, 11) is 2.30. The van der Waals surface area contributed by atoms with Crippen molar-refractivity contribution in [3.8, 4) is 11.8 Å². The molecule has 0 spiro atoms. The summed E-state index contributed by atoms with van der Waals surface area (Å²) in [5.74, 6) is -3.82. The number of nitrogens with two attached hydrogens (primary N) is 1. The van der Waals surface area contributed by atoms with Gasteiger partial charge in [-0.2, -0.15) is 5.26 Å². The highest BCUT2D eigenvalue weighted by atomic mass is 19.1. The maximum Gasteiger partial charge on any atom is 0.355 e. The Morgan fingerprint density at radius 2 is 1.74 bits per heavy atom. The Morgan fingerprint density at radius 1 is 1.09 bits per heavy atom. The maximum absolute atomic E-state index is 14.9. The molecule has 0 aromatic heterocycles. The summed E-state index contributed by atoms with van der Waals surface area (Å²) < 4.78 is 30.7. The van der Waals surface area contributed by atoms with Gasteiger partial charge < -0.3 is 19.9 Å². The molecule has 0 saturated carbocycles. The van der Waals surface area contributed by atoms with Gasteiger partial charge in [-0.15, -0.1) is 0 Å². The van der Waals surface area contributed by atoms with Crippen LogP contribution in [-0.2, 0) is 19.1 Å². The van der Waals surface area contributed by atoms with E-state index in [0.717, 1.165) is 19.1 Å². The Labute approximate surface area is 203 Å². The average molecular weight is 480 g/mol. The summed E-state index contributed by atoms with van der Waals surface area (Å²) in [6.45, 7) is 3.95. The normalized spacial score (nSPS) is 15.7. The zero-order chi connectivity index (χ0) is 25.7. The first kappa shape index (κ1) is 25.3. The molecule has 2 aromatic carbocycles. The third-order valence-corrected chi connectivity index (χ3v) is 5.36. The lowest BCUT2D eigenvalue weighted by Gasteiger charge is -2.36. The highest BCUT2D eigenvalue weighted by molar-refractivity contribution is 6.06. The van der Waals surface area contributed by atoms with E-state index in [0.29, 0.717) is 5.56 Å². The van der Waals surface area contributed by atoms with Crippen LogP contribution in [-0.4, -0.2) is 32.8 Å². The molecule has 0 bridgehead atoms. The predicted molar refractivity (Wildman–Crippen MR) is 126 cm³/mol. The van der Waals surface area contributed by atoms with Gasteiger partial charge in [0.05, 0.1) is 49.6 Å². The van der Waals surface area contributed by atoms with Gasteiger partial charge in [0.2, 0.25) is 0 Å². The van der Waals surface area contributed by atoms with Gasteiger partial charge in [0.15, 0.2) is 11.6 Å². The van der Waals surface area contributed by atoms with Crippen LogP contribution in [0.1, 0.15) is 25.3 Å². The minimum absolute atomic E-state index is 0.0247. The van der Waals surface area contributed by atoms with Gasteiger partial charge in [0, 0.05) is 0 Å². The Kier molecular flexibility index (Phi) is 7.76. The number of carbonyl (C=O) groups excluding carboxylic acids is 2. The second-order valence-corrected chi connectivity index (χ2v) is 8.13. The van der Waals surface area contributed by atoms with Gasteiger partial charge in [-0.1, -0.05) is 50.2 Å². The largest absolute Gasteiger partial charge is 0.488 e. The van der Waals surface area contributed by atoms with Crippen LogP contribution in [0.25, 0.3) is 0 Å². The summed E-state index contributed by atoms with van der Waals surface area (Å²) in [5, 5.41) is 10.1. The fourth-order valence-corrected chi connectivity index (χ4v) is 3.83. The Balaban J connectivity index is 2.41. The third-order valence-electron chi connectivity index (χ3n) is 5.36. The van der Waals surface area contributed by atoms with Crippen molar-refractivity contribution in [2.45, 2.75) is 19.8 Å². The number of allylic oxidation sites excluding steroid dienone is 1. The van der Waals surface area contributed by atoms with Crippen molar-refractivity contribution < 1.29 is 28.2 Å². The molecule has 0 fully saturated rings. The molecule has 2 aromatic rings. The van der Waals surface area contributed by atoms with E-state index in [1.54, 1.807) is 30.3 Å². The smallest absolute Gasteiger partial charge is 0.355 e. The number of methoxy groups -OCH3 is 2. The number of carbonyl (C=O) groups is 2. The number of halogens is 1. The number of esters is 2. The molecule has 0 saturated heterocycles. The molecule has 9 heteroatoms. The molecule has 2 N–H and O–H groups in total. The predicted octanol–water partition coefficient (Wildman–Crippen LogP) is 3.76. The molecule has 1 aliphatic heterocycles. The monoisotopic (exact) mass is 479 g/mol. The maximum atomic E-state index is 14.9. The minimum atomic E-state index is -1.02. The zero-order valence-electron chi connectivity index (χ0n) is 19.9. The molecule has 0 amide bonds. The van der Waals surface area contributed by atoms with Gasteiger partial charge in [-0.05, 0) is 23.6 Å². The first-order chi connectivity index (χ1) is 16.8. The van der Waals surface area contributed by atoms with E-state index in [2.05, 4.69) is 6.07 Å².